The Kier molecular flexibility index (Phi) is 1.91. The molecule has 82 valence electrons. The predicted molar refractivity (Wildman–Crippen MR) is 56.9 cm³/mol. The lowest BCUT2D eigenvalue weighted by molar-refractivity contribution is -0.0995. The van der Waals surface area contributed by atoms with Gasteiger partial charge in [-0.1, -0.05) is 0 Å². The maximum atomic E-state index is 10.1. The van der Waals surface area contributed by atoms with Gasteiger partial charge in [-0.15, -0.1) is 0 Å². The number of aromatic nitrogens is 2. The van der Waals surface area contributed by atoms with Crippen LogP contribution in [0.2, 0.25) is 0 Å². The Morgan fingerprint density at radius 1 is 1.33 bits per heavy atom. The second kappa shape index (κ2) is 2.82. The molecule has 0 bridgehead atoms. The lowest BCUT2D eigenvalue weighted by Crippen LogP contribution is -2.51. The molecule has 5 heteroatoms. The highest BCUT2D eigenvalue weighted by Gasteiger charge is 2.49. The fourth-order valence-corrected chi connectivity index (χ4v) is 1.51. The summed E-state index contributed by atoms with van der Waals surface area (Å²) in [6.07, 6.45) is 3.36. The van der Waals surface area contributed by atoms with E-state index >= 15 is 0 Å². The van der Waals surface area contributed by atoms with E-state index in [1.54, 1.807) is 12.4 Å². The average Bonchev–Trinajstić information content (AvgIpc) is 2.69. The van der Waals surface area contributed by atoms with Crippen molar-refractivity contribution in [2.45, 2.75) is 38.8 Å². The van der Waals surface area contributed by atoms with E-state index in [9.17, 15) is 5.21 Å². The van der Waals surface area contributed by atoms with Crippen LogP contribution in [0.1, 0.15) is 33.5 Å². The van der Waals surface area contributed by atoms with Gasteiger partial charge in [0, 0.05) is 12.4 Å². The molecule has 0 fully saturated rings. The molecule has 0 aliphatic carbocycles. The van der Waals surface area contributed by atoms with E-state index < -0.39 is 5.54 Å². The molecule has 0 spiro atoms. The van der Waals surface area contributed by atoms with Crippen molar-refractivity contribution >= 4 is 5.84 Å². The molecule has 0 saturated heterocycles. The Morgan fingerprint density at radius 2 is 2.00 bits per heavy atom. The summed E-state index contributed by atoms with van der Waals surface area (Å²) in [6, 6.07) is 0. The van der Waals surface area contributed by atoms with Gasteiger partial charge >= 0.3 is 0 Å². The Balaban J connectivity index is 2.46. The zero-order chi connectivity index (χ0) is 11.3. The maximum Gasteiger partial charge on any atom is 0.192 e. The lowest BCUT2D eigenvalue weighted by atomic mass is 9.84. The van der Waals surface area contributed by atoms with Gasteiger partial charge in [0.25, 0.3) is 0 Å². The molecule has 0 aromatic carbocycles. The number of rotatable bonds is 1. The van der Waals surface area contributed by atoms with Gasteiger partial charge in [0.1, 0.15) is 0 Å². The summed E-state index contributed by atoms with van der Waals surface area (Å²) >= 11 is 0. The molecular formula is C10H16N4O. The topological polar surface area (TPSA) is 64.5 Å². The number of nitrogens with one attached hydrogen (secondary N) is 1. The number of aliphatic imine (C=N–C) groups is 1. The SMILES string of the molecule is CC1(C)N=C(c2ncc[nH]2)N(O)C1(C)C. The van der Waals surface area contributed by atoms with Crippen molar-refractivity contribution in [3.63, 3.8) is 0 Å². The van der Waals surface area contributed by atoms with Crippen molar-refractivity contribution in [3.05, 3.63) is 18.2 Å². The molecule has 1 aliphatic rings. The van der Waals surface area contributed by atoms with Crippen LogP contribution < -0.4 is 0 Å². The first-order valence-electron chi connectivity index (χ1n) is 4.95. The molecular weight excluding hydrogens is 192 g/mol. The third kappa shape index (κ3) is 1.26. The van der Waals surface area contributed by atoms with Crippen LogP contribution in [0.5, 0.6) is 0 Å². The van der Waals surface area contributed by atoms with Crippen molar-refractivity contribution in [2.24, 2.45) is 4.99 Å². The van der Waals surface area contributed by atoms with Gasteiger partial charge in [-0.05, 0) is 27.7 Å². The van der Waals surface area contributed by atoms with E-state index in [0.29, 0.717) is 11.7 Å². The summed E-state index contributed by atoms with van der Waals surface area (Å²) in [4.78, 5) is 11.5. The van der Waals surface area contributed by atoms with Crippen molar-refractivity contribution in [1.82, 2.24) is 15.0 Å². The first-order valence-corrected chi connectivity index (χ1v) is 4.95. The summed E-state index contributed by atoms with van der Waals surface area (Å²) in [5, 5.41) is 11.3. The predicted octanol–water partition coefficient (Wildman–Crippen LogP) is 1.42. The molecule has 0 atom stereocenters. The third-order valence-electron chi connectivity index (χ3n) is 3.32. The molecule has 0 radical (unpaired) electrons. The Labute approximate surface area is 88.8 Å². The van der Waals surface area contributed by atoms with E-state index in [0.717, 1.165) is 0 Å². The van der Waals surface area contributed by atoms with E-state index in [2.05, 4.69) is 15.0 Å². The number of hydrogen-bond donors (Lipinski definition) is 2. The zero-order valence-corrected chi connectivity index (χ0v) is 9.44. The quantitative estimate of drug-likeness (QED) is 0.733. The number of imidazole rings is 1. The average molecular weight is 208 g/mol. The zero-order valence-electron chi connectivity index (χ0n) is 9.44. The summed E-state index contributed by atoms with van der Waals surface area (Å²) in [7, 11) is 0. The van der Waals surface area contributed by atoms with Crippen LogP contribution in [0.25, 0.3) is 0 Å². The minimum absolute atomic E-state index is 0.343. The maximum absolute atomic E-state index is 10.1. The number of nitrogens with zero attached hydrogens (tertiary/aromatic N) is 3. The molecule has 1 aromatic rings. The molecule has 15 heavy (non-hydrogen) atoms. The minimum Gasteiger partial charge on any atom is -0.342 e. The highest BCUT2D eigenvalue weighted by Crippen LogP contribution is 2.37. The number of hydrogen-bond acceptors (Lipinski definition) is 4. The van der Waals surface area contributed by atoms with Crippen LogP contribution in [0.4, 0.5) is 0 Å². The molecule has 2 rings (SSSR count). The smallest absolute Gasteiger partial charge is 0.192 e. The van der Waals surface area contributed by atoms with E-state index in [4.69, 9.17) is 0 Å². The van der Waals surface area contributed by atoms with Crippen molar-refractivity contribution < 1.29 is 5.21 Å². The summed E-state index contributed by atoms with van der Waals surface area (Å²) in [6.45, 7) is 7.89. The highest BCUT2D eigenvalue weighted by molar-refractivity contribution is 5.97. The summed E-state index contributed by atoms with van der Waals surface area (Å²) in [5.41, 5.74) is -0.779. The molecule has 5 nitrogen and oxygen atoms in total. The number of H-pyrrole nitrogens is 1. The van der Waals surface area contributed by atoms with Gasteiger partial charge in [0.15, 0.2) is 11.7 Å². The minimum atomic E-state index is -0.435. The van der Waals surface area contributed by atoms with Gasteiger partial charge in [-0.3, -0.25) is 10.2 Å². The van der Waals surface area contributed by atoms with E-state index in [-0.39, 0.29) is 5.54 Å². The van der Waals surface area contributed by atoms with Gasteiger partial charge in [-0.2, -0.15) is 0 Å². The first-order chi connectivity index (χ1) is 6.86. The van der Waals surface area contributed by atoms with Gasteiger partial charge in [0.2, 0.25) is 0 Å². The highest BCUT2D eigenvalue weighted by atomic mass is 16.5. The van der Waals surface area contributed by atoms with Crippen LogP contribution >= 0.6 is 0 Å². The van der Waals surface area contributed by atoms with Gasteiger partial charge in [0.05, 0.1) is 11.1 Å². The molecule has 2 heterocycles. The van der Waals surface area contributed by atoms with Crippen LogP contribution in [-0.2, 0) is 0 Å². The van der Waals surface area contributed by atoms with Crippen LogP contribution in [-0.4, -0.2) is 37.2 Å². The largest absolute Gasteiger partial charge is 0.342 e. The second-order valence-corrected chi connectivity index (χ2v) is 4.80. The fourth-order valence-electron chi connectivity index (χ4n) is 1.51. The number of hydroxylamine groups is 2. The second-order valence-electron chi connectivity index (χ2n) is 4.80. The number of amidine groups is 1. The van der Waals surface area contributed by atoms with Gasteiger partial charge in [-0.25, -0.2) is 10.0 Å². The molecule has 2 N–H and O–H groups in total. The Bertz CT molecular complexity index is 392. The molecule has 0 amide bonds. The lowest BCUT2D eigenvalue weighted by Gasteiger charge is -2.36. The van der Waals surface area contributed by atoms with Crippen molar-refractivity contribution in [1.29, 1.82) is 0 Å². The molecule has 1 aliphatic heterocycles. The molecule has 0 saturated carbocycles. The van der Waals surface area contributed by atoms with Gasteiger partial charge < -0.3 is 4.98 Å². The Hall–Kier alpha value is -1.36. The fraction of sp³-hybridized carbons (Fsp3) is 0.600. The number of aromatic amines is 1. The summed E-state index contributed by atoms with van der Waals surface area (Å²) in [5.74, 6) is 1.09. The third-order valence-corrected chi connectivity index (χ3v) is 3.32. The van der Waals surface area contributed by atoms with Crippen molar-refractivity contribution in [3.8, 4) is 0 Å². The molecule has 0 unspecified atom stereocenters. The van der Waals surface area contributed by atoms with Crippen LogP contribution in [0.15, 0.2) is 17.4 Å². The van der Waals surface area contributed by atoms with E-state index in [1.807, 2.05) is 27.7 Å². The van der Waals surface area contributed by atoms with Crippen LogP contribution in [0, 0.1) is 0 Å². The standard InChI is InChI=1S/C10H16N4O/c1-9(2)10(3,4)14(15)8(13-9)7-11-5-6-12-7/h5-6,15H,1-4H3,(H,11,12). The Morgan fingerprint density at radius 3 is 2.40 bits per heavy atom. The first kappa shape index (κ1) is 10.2. The van der Waals surface area contributed by atoms with Crippen LogP contribution in [0.3, 0.4) is 0 Å². The monoisotopic (exact) mass is 208 g/mol. The van der Waals surface area contributed by atoms with E-state index in [1.165, 1.54) is 5.06 Å². The van der Waals surface area contributed by atoms with Crippen molar-refractivity contribution in [2.75, 3.05) is 0 Å². The molecule has 1 aromatic heterocycles. The summed E-state index contributed by atoms with van der Waals surface area (Å²) < 4.78 is 0. The normalized spacial score (nSPS) is 23.0.